The van der Waals surface area contributed by atoms with Gasteiger partial charge < -0.3 is 10.2 Å². The number of anilines is 1. The summed E-state index contributed by atoms with van der Waals surface area (Å²) in [6.45, 7) is 6.06. The van der Waals surface area contributed by atoms with Crippen LogP contribution >= 0.6 is 0 Å². The molecule has 3 rings (SSSR count). The molecule has 0 bridgehead atoms. The van der Waals surface area contributed by atoms with Crippen LogP contribution in [0.4, 0.5) is 5.69 Å². The minimum atomic E-state index is -0.0558. The molecule has 1 amide bonds. The molecule has 0 fully saturated rings. The summed E-state index contributed by atoms with van der Waals surface area (Å²) in [5, 5.41) is 2.80. The van der Waals surface area contributed by atoms with Gasteiger partial charge in [0.05, 0.1) is 0 Å². The Morgan fingerprint density at radius 2 is 1.96 bits per heavy atom. The molecular weight excluding hydrogens is 284 g/mol. The highest BCUT2D eigenvalue weighted by molar-refractivity contribution is 5.94. The van der Waals surface area contributed by atoms with E-state index in [0.717, 1.165) is 19.5 Å². The summed E-state index contributed by atoms with van der Waals surface area (Å²) in [6, 6.07) is 16.5. The zero-order valence-corrected chi connectivity index (χ0v) is 13.3. The Kier molecular flexibility index (Phi) is 4.77. The number of carbonyl (C=O) groups is 1. The minimum Gasteiger partial charge on any atom is -0.367 e. The van der Waals surface area contributed by atoms with Crippen molar-refractivity contribution in [3.8, 4) is 0 Å². The van der Waals surface area contributed by atoms with E-state index < -0.39 is 0 Å². The standard InChI is InChI=1S/C20H22N2O/c1-2-13-21-20(23)18-11-9-16(10-12-18)15-22-14-5-7-17-6-3-4-8-19(17)22/h2-4,6,8-12H,1,5,7,13-15H2,(H,21,23). The summed E-state index contributed by atoms with van der Waals surface area (Å²) in [6.07, 6.45) is 4.04. The highest BCUT2D eigenvalue weighted by Gasteiger charge is 2.16. The van der Waals surface area contributed by atoms with E-state index in [1.807, 2.05) is 24.3 Å². The molecule has 0 saturated heterocycles. The number of para-hydroxylation sites is 1. The van der Waals surface area contributed by atoms with E-state index in [2.05, 4.69) is 41.1 Å². The van der Waals surface area contributed by atoms with E-state index in [-0.39, 0.29) is 5.91 Å². The number of hydrogen-bond donors (Lipinski definition) is 1. The van der Waals surface area contributed by atoms with E-state index in [1.54, 1.807) is 6.08 Å². The van der Waals surface area contributed by atoms with Crippen LogP contribution in [0.3, 0.4) is 0 Å². The summed E-state index contributed by atoms with van der Waals surface area (Å²) in [4.78, 5) is 14.3. The van der Waals surface area contributed by atoms with E-state index in [1.165, 1.54) is 23.2 Å². The van der Waals surface area contributed by atoms with Crippen molar-refractivity contribution in [1.29, 1.82) is 0 Å². The average Bonchev–Trinajstić information content (AvgIpc) is 2.60. The van der Waals surface area contributed by atoms with Gasteiger partial charge in [-0.3, -0.25) is 4.79 Å². The lowest BCUT2D eigenvalue weighted by molar-refractivity contribution is 0.0958. The molecule has 2 aromatic rings. The number of amides is 1. The minimum absolute atomic E-state index is 0.0558. The average molecular weight is 306 g/mol. The van der Waals surface area contributed by atoms with E-state index >= 15 is 0 Å². The topological polar surface area (TPSA) is 32.3 Å². The van der Waals surface area contributed by atoms with E-state index in [4.69, 9.17) is 0 Å². The number of nitrogens with one attached hydrogen (secondary N) is 1. The molecule has 1 aliphatic heterocycles. The fraction of sp³-hybridized carbons (Fsp3) is 0.250. The zero-order chi connectivity index (χ0) is 16.1. The van der Waals surface area contributed by atoms with Gasteiger partial charge in [-0.15, -0.1) is 6.58 Å². The van der Waals surface area contributed by atoms with Crippen molar-refractivity contribution in [1.82, 2.24) is 5.32 Å². The van der Waals surface area contributed by atoms with Gasteiger partial charge in [0.25, 0.3) is 5.91 Å². The molecular formula is C20H22N2O. The van der Waals surface area contributed by atoms with Crippen LogP contribution in [-0.2, 0) is 13.0 Å². The van der Waals surface area contributed by atoms with Gasteiger partial charge in [-0.2, -0.15) is 0 Å². The smallest absolute Gasteiger partial charge is 0.251 e. The van der Waals surface area contributed by atoms with Crippen LogP contribution in [0.1, 0.15) is 27.9 Å². The molecule has 0 unspecified atom stereocenters. The van der Waals surface area contributed by atoms with Crippen LogP contribution in [-0.4, -0.2) is 19.0 Å². The fourth-order valence-electron chi connectivity index (χ4n) is 3.02. The highest BCUT2D eigenvalue weighted by Crippen LogP contribution is 2.28. The first-order valence-corrected chi connectivity index (χ1v) is 8.09. The van der Waals surface area contributed by atoms with E-state index in [0.29, 0.717) is 12.1 Å². The second-order valence-corrected chi connectivity index (χ2v) is 5.85. The predicted molar refractivity (Wildman–Crippen MR) is 94.8 cm³/mol. The SMILES string of the molecule is C=CCNC(=O)c1ccc(CN2CCCc3ccccc32)cc1. The van der Waals surface area contributed by atoms with Gasteiger partial charge in [0.15, 0.2) is 0 Å². The molecule has 0 saturated carbocycles. The number of fused-ring (bicyclic) bond motifs is 1. The quantitative estimate of drug-likeness (QED) is 0.857. The lowest BCUT2D eigenvalue weighted by atomic mass is 10.0. The highest BCUT2D eigenvalue weighted by atomic mass is 16.1. The van der Waals surface area contributed by atoms with Gasteiger partial charge in [-0.05, 0) is 42.2 Å². The summed E-state index contributed by atoms with van der Waals surface area (Å²) in [7, 11) is 0. The number of carbonyl (C=O) groups excluding carboxylic acids is 1. The second-order valence-electron chi connectivity index (χ2n) is 5.85. The Balaban J connectivity index is 1.70. The third-order valence-electron chi connectivity index (χ3n) is 4.20. The molecule has 0 aliphatic carbocycles. The molecule has 1 aliphatic rings. The van der Waals surface area contributed by atoms with Gasteiger partial charge >= 0.3 is 0 Å². The monoisotopic (exact) mass is 306 g/mol. The molecule has 0 aromatic heterocycles. The van der Waals surface area contributed by atoms with Crippen molar-refractivity contribution in [3.05, 3.63) is 77.9 Å². The molecule has 3 heteroatoms. The van der Waals surface area contributed by atoms with Crippen LogP contribution < -0.4 is 10.2 Å². The van der Waals surface area contributed by atoms with Crippen molar-refractivity contribution in [2.45, 2.75) is 19.4 Å². The molecule has 23 heavy (non-hydrogen) atoms. The Bertz CT molecular complexity index is 691. The maximum Gasteiger partial charge on any atom is 0.251 e. The Hall–Kier alpha value is -2.55. The normalized spacial score (nSPS) is 13.3. The summed E-state index contributed by atoms with van der Waals surface area (Å²) < 4.78 is 0. The van der Waals surface area contributed by atoms with Crippen LogP contribution in [0.2, 0.25) is 0 Å². The maximum absolute atomic E-state index is 11.9. The molecule has 3 nitrogen and oxygen atoms in total. The first-order valence-electron chi connectivity index (χ1n) is 8.09. The van der Waals surface area contributed by atoms with Crippen molar-refractivity contribution < 1.29 is 4.79 Å². The van der Waals surface area contributed by atoms with Crippen molar-refractivity contribution in [2.75, 3.05) is 18.0 Å². The predicted octanol–water partition coefficient (Wildman–Crippen LogP) is 3.56. The first kappa shape index (κ1) is 15.3. The third-order valence-corrected chi connectivity index (χ3v) is 4.20. The largest absolute Gasteiger partial charge is 0.367 e. The molecule has 0 atom stereocenters. The molecule has 0 spiro atoms. The van der Waals surface area contributed by atoms with Gasteiger partial charge in [0.2, 0.25) is 0 Å². The van der Waals surface area contributed by atoms with Gasteiger partial charge in [-0.1, -0.05) is 36.4 Å². The van der Waals surface area contributed by atoms with E-state index in [9.17, 15) is 4.79 Å². The van der Waals surface area contributed by atoms with Crippen molar-refractivity contribution in [3.63, 3.8) is 0 Å². The molecule has 0 radical (unpaired) electrons. The lowest BCUT2D eigenvalue weighted by Crippen LogP contribution is -2.28. The molecule has 118 valence electrons. The summed E-state index contributed by atoms with van der Waals surface area (Å²) in [5.74, 6) is -0.0558. The Morgan fingerprint density at radius 1 is 1.17 bits per heavy atom. The number of nitrogens with zero attached hydrogens (tertiary/aromatic N) is 1. The Labute approximate surface area is 137 Å². The summed E-state index contributed by atoms with van der Waals surface area (Å²) in [5.41, 5.74) is 4.68. The first-order chi connectivity index (χ1) is 11.3. The van der Waals surface area contributed by atoms with Crippen LogP contribution in [0.15, 0.2) is 61.2 Å². The van der Waals surface area contributed by atoms with Crippen LogP contribution in [0, 0.1) is 0 Å². The summed E-state index contributed by atoms with van der Waals surface area (Å²) >= 11 is 0. The molecule has 1 heterocycles. The van der Waals surface area contributed by atoms with Gasteiger partial charge in [0.1, 0.15) is 0 Å². The zero-order valence-electron chi connectivity index (χ0n) is 13.3. The van der Waals surface area contributed by atoms with Crippen LogP contribution in [0.5, 0.6) is 0 Å². The second kappa shape index (κ2) is 7.14. The van der Waals surface area contributed by atoms with Crippen molar-refractivity contribution >= 4 is 11.6 Å². The number of aryl methyl sites for hydroxylation is 1. The van der Waals surface area contributed by atoms with Gasteiger partial charge in [-0.25, -0.2) is 0 Å². The Morgan fingerprint density at radius 3 is 2.74 bits per heavy atom. The number of benzene rings is 2. The number of rotatable bonds is 5. The molecule has 2 aromatic carbocycles. The third kappa shape index (κ3) is 3.62. The van der Waals surface area contributed by atoms with Crippen LogP contribution in [0.25, 0.3) is 0 Å². The van der Waals surface area contributed by atoms with Crippen molar-refractivity contribution in [2.24, 2.45) is 0 Å². The lowest BCUT2D eigenvalue weighted by Gasteiger charge is -2.31. The number of hydrogen-bond acceptors (Lipinski definition) is 2. The fourth-order valence-corrected chi connectivity index (χ4v) is 3.02. The maximum atomic E-state index is 11.9. The molecule has 1 N–H and O–H groups in total. The van der Waals surface area contributed by atoms with Gasteiger partial charge in [0, 0.05) is 30.9 Å².